The topological polar surface area (TPSA) is 69.4 Å². The van der Waals surface area contributed by atoms with Gasteiger partial charge in [-0.05, 0) is 18.2 Å². The second kappa shape index (κ2) is 6.99. The van der Waals surface area contributed by atoms with Crippen molar-refractivity contribution in [3.63, 3.8) is 0 Å². The molecule has 22 heavy (non-hydrogen) atoms. The molecular weight excluding hydrogens is 316 g/mol. The van der Waals surface area contributed by atoms with Gasteiger partial charge in [0.05, 0.1) is 10.7 Å². The van der Waals surface area contributed by atoms with Crippen LogP contribution in [0.5, 0.6) is 5.75 Å². The van der Waals surface area contributed by atoms with Crippen LogP contribution in [0.1, 0.15) is 0 Å². The lowest BCUT2D eigenvalue weighted by atomic mass is 10.3. The first-order chi connectivity index (χ1) is 10.5. The number of hydrogen-bond donors (Lipinski definition) is 0. The summed E-state index contributed by atoms with van der Waals surface area (Å²) in [6.45, 7) is 0. The van der Waals surface area contributed by atoms with Gasteiger partial charge >= 0.3 is 11.7 Å². The fourth-order valence-electron chi connectivity index (χ4n) is 1.57. The van der Waals surface area contributed by atoms with Gasteiger partial charge in [0.15, 0.2) is 0 Å². The molecule has 0 heterocycles. The van der Waals surface area contributed by atoms with E-state index in [0.29, 0.717) is 0 Å². The molecule has 0 aromatic heterocycles. The summed E-state index contributed by atoms with van der Waals surface area (Å²) in [6.07, 6.45) is 0. The first-order valence-corrected chi connectivity index (χ1v) is 6.98. The Balaban J connectivity index is 2.05. The first kappa shape index (κ1) is 15.9. The number of nitro groups is 1. The van der Waals surface area contributed by atoms with Gasteiger partial charge in [0.2, 0.25) is 5.75 Å². The molecule has 0 aliphatic carbocycles. The second-order valence-electron chi connectivity index (χ2n) is 4.06. The highest BCUT2D eigenvalue weighted by Crippen LogP contribution is 2.28. The summed E-state index contributed by atoms with van der Waals surface area (Å²) >= 11 is 0.880. The Morgan fingerprint density at radius 3 is 2.64 bits per heavy atom. The SMILES string of the molecule is O=C(CSc1ccccc1F)Oc1cc(F)ccc1[N+](=O)[O-]. The van der Waals surface area contributed by atoms with Crippen molar-refractivity contribution in [2.24, 2.45) is 0 Å². The van der Waals surface area contributed by atoms with E-state index in [1.165, 1.54) is 18.2 Å². The number of ether oxygens (including phenoxy) is 1. The molecule has 0 aliphatic heterocycles. The van der Waals surface area contributed by atoms with Crippen molar-refractivity contribution in [2.45, 2.75) is 4.90 Å². The third-order valence-electron chi connectivity index (χ3n) is 2.52. The molecule has 2 aromatic rings. The van der Waals surface area contributed by atoms with Gasteiger partial charge in [-0.1, -0.05) is 12.1 Å². The Kier molecular flexibility index (Phi) is 5.05. The van der Waals surface area contributed by atoms with E-state index >= 15 is 0 Å². The normalized spacial score (nSPS) is 10.3. The highest BCUT2D eigenvalue weighted by molar-refractivity contribution is 8.00. The van der Waals surface area contributed by atoms with Crippen molar-refractivity contribution < 1.29 is 23.2 Å². The van der Waals surface area contributed by atoms with Crippen LogP contribution in [-0.4, -0.2) is 16.6 Å². The third-order valence-corrected chi connectivity index (χ3v) is 3.55. The van der Waals surface area contributed by atoms with Crippen molar-refractivity contribution in [3.8, 4) is 5.75 Å². The number of hydrogen-bond acceptors (Lipinski definition) is 5. The number of benzene rings is 2. The second-order valence-corrected chi connectivity index (χ2v) is 5.08. The third kappa shape index (κ3) is 4.01. The molecule has 5 nitrogen and oxygen atoms in total. The number of esters is 1. The molecule has 0 atom stereocenters. The van der Waals surface area contributed by atoms with Gasteiger partial charge < -0.3 is 4.74 Å². The lowest BCUT2D eigenvalue weighted by Crippen LogP contribution is -2.12. The molecule has 8 heteroatoms. The minimum absolute atomic E-state index is 0.244. The molecule has 0 unspecified atom stereocenters. The zero-order valence-corrected chi connectivity index (χ0v) is 11.8. The van der Waals surface area contributed by atoms with Crippen LogP contribution in [0.4, 0.5) is 14.5 Å². The number of nitrogens with zero attached hydrogens (tertiary/aromatic N) is 1. The lowest BCUT2D eigenvalue weighted by Gasteiger charge is -2.05. The average molecular weight is 325 g/mol. The standard InChI is InChI=1S/C14H9F2NO4S/c15-9-5-6-11(17(19)20)12(7-9)21-14(18)8-22-13-4-2-1-3-10(13)16/h1-7H,8H2. The Morgan fingerprint density at radius 1 is 1.23 bits per heavy atom. The maximum Gasteiger partial charge on any atom is 0.321 e. The van der Waals surface area contributed by atoms with E-state index in [4.69, 9.17) is 4.74 Å². The monoisotopic (exact) mass is 325 g/mol. The van der Waals surface area contributed by atoms with Crippen molar-refractivity contribution in [1.29, 1.82) is 0 Å². The molecule has 0 bridgehead atoms. The number of halogens is 2. The molecule has 0 radical (unpaired) electrons. The van der Waals surface area contributed by atoms with Crippen LogP contribution in [-0.2, 0) is 4.79 Å². The molecule has 0 aliphatic rings. The molecule has 0 amide bonds. The fraction of sp³-hybridized carbons (Fsp3) is 0.0714. The van der Waals surface area contributed by atoms with E-state index in [1.54, 1.807) is 6.07 Å². The minimum atomic E-state index is -0.845. The van der Waals surface area contributed by atoms with Crippen LogP contribution < -0.4 is 4.74 Å². The van der Waals surface area contributed by atoms with Crippen LogP contribution in [0.15, 0.2) is 47.4 Å². The van der Waals surface area contributed by atoms with Crippen molar-refractivity contribution in [2.75, 3.05) is 5.75 Å². The number of rotatable bonds is 5. The molecule has 0 spiro atoms. The summed E-state index contributed by atoms with van der Waals surface area (Å²) < 4.78 is 31.3. The summed E-state index contributed by atoms with van der Waals surface area (Å²) in [4.78, 5) is 21.9. The highest BCUT2D eigenvalue weighted by Gasteiger charge is 2.19. The quantitative estimate of drug-likeness (QED) is 0.276. The van der Waals surface area contributed by atoms with Gasteiger partial charge in [-0.2, -0.15) is 0 Å². The zero-order chi connectivity index (χ0) is 16.1. The van der Waals surface area contributed by atoms with E-state index in [2.05, 4.69) is 0 Å². The molecule has 0 fully saturated rings. The molecular formula is C14H9F2NO4S. The van der Waals surface area contributed by atoms with Crippen LogP contribution in [0.2, 0.25) is 0 Å². The van der Waals surface area contributed by atoms with Crippen LogP contribution >= 0.6 is 11.8 Å². The zero-order valence-electron chi connectivity index (χ0n) is 11.0. The molecule has 0 saturated carbocycles. The van der Waals surface area contributed by atoms with Gasteiger partial charge in [-0.3, -0.25) is 14.9 Å². The van der Waals surface area contributed by atoms with Crippen LogP contribution in [0.25, 0.3) is 0 Å². The maximum absolute atomic E-state index is 13.4. The minimum Gasteiger partial charge on any atom is -0.418 e. The predicted molar refractivity (Wildman–Crippen MR) is 75.8 cm³/mol. The Bertz CT molecular complexity index is 724. The van der Waals surface area contributed by atoms with Crippen molar-refractivity contribution in [3.05, 3.63) is 64.2 Å². The van der Waals surface area contributed by atoms with E-state index in [-0.39, 0.29) is 10.6 Å². The van der Waals surface area contributed by atoms with Gasteiger partial charge in [0, 0.05) is 17.0 Å². The van der Waals surface area contributed by atoms with Crippen molar-refractivity contribution >= 4 is 23.4 Å². The fourth-order valence-corrected chi connectivity index (χ4v) is 2.28. The largest absolute Gasteiger partial charge is 0.418 e. The van der Waals surface area contributed by atoms with Crippen LogP contribution in [0.3, 0.4) is 0 Å². The number of thioether (sulfide) groups is 1. The number of carbonyl (C=O) groups excluding carboxylic acids is 1. The summed E-state index contributed by atoms with van der Waals surface area (Å²) in [7, 11) is 0. The van der Waals surface area contributed by atoms with E-state index in [9.17, 15) is 23.7 Å². The smallest absolute Gasteiger partial charge is 0.321 e. The van der Waals surface area contributed by atoms with Gasteiger partial charge in [0.25, 0.3) is 0 Å². The van der Waals surface area contributed by atoms with Crippen LogP contribution in [0, 0.1) is 21.7 Å². The molecule has 0 saturated heterocycles. The summed E-state index contributed by atoms with van der Waals surface area (Å²) in [5.74, 6) is -2.85. The Hall–Kier alpha value is -2.48. The molecule has 2 aromatic carbocycles. The summed E-state index contributed by atoms with van der Waals surface area (Å²) in [5.41, 5.74) is -0.523. The predicted octanol–water partition coefficient (Wildman–Crippen LogP) is 3.57. The molecule has 0 N–H and O–H groups in total. The number of carbonyl (C=O) groups is 1. The van der Waals surface area contributed by atoms with E-state index < -0.39 is 34.0 Å². The number of nitro benzene ring substituents is 1. The maximum atomic E-state index is 13.4. The van der Waals surface area contributed by atoms with Gasteiger partial charge in [-0.25, -0.2) is 8.78 Å². The summed E-state index contributed by atoms with van der Waals surface area (Å²) in [6, 6.07) is 8.39. The Labute approximate surface area is 128 Å². The van der Waals surface area contributed by atoms with Gasteiger partial charge in [0.1, 0.15) is 11.6 Å². The van der Waals surface area contributed by atoms with E-state index in [1.807, 2.05) is 0 Å². The Morgan fingerprint density at radius 2 is 1.95 bits per heavy atom. The van der Waals surface area contributed by atoms with Gasteiger partial charge in [-0.15, -0.1) is 11.8 Å². The molecule has 114 valence electrons. The lowest BCUT2D eigenvalue weighted by molar-refractivity contribution is -0.385. The van der Waals surface area contributed by atoms with Crippen molar-refractivity contribution in [1.82, 2.24) is 0 Å². The summed E-state index contributed by atoms with van der Waals surface area (Å²) in [5, 5.41) is 10.8. The average Bonchev–Trinajstić information content (AvgIpc) is 2.46. The highest BCUT2D eigenvalue weighted by atomic mass is 32.2. The molecule has 2 rings (SSSR count). The van der Waals surface area contributed by atoms with E-state index in [0.717, 1.165) is 30.0 Å². The first-order valence-electron chi connectivity index (χ1n) is 5.99.